The van der Waals surface area contributed by atoms with Crippen LogP contribution in [0.1, 0.15) is 37.8 Å². The summed E-state index contributed by atoms with van der Waals surface area (Å²) in [5.74, 6) is 0.790. The summed E-state index contributed by atoms with van der Waals surface area (Å²) in [6, 6.07) is 8.10. The molecule has 0 aliphatic heterocycles. The number of carbonyl (C=O) groups is 1. The summed E-state index contributed by atoms with van der Waals surface area (Å²) < 4.78 is 0. The Morgan fingerprint density at radius 2 is 1.78 bits per heavy atom. The van der Waals surface area contributed by atoms with Crippen molar-refractivity contribution < 1.29 is 4.79 Å². The Hall–Kier alpha value is -1.35. The molecule has 1 aromatic rings. The van der Waals surface area contributed by atoms with Crippen LogP contribution in [0.2, 0.25) is 0 Å². The first-order valence-corrected chi connectivity index (χ1v) is 6.54. The molecule has 1 aromatic carbocycles. The van der Waals surface area contributed by atoms with E-state index in [2.05, 4.69) is 13.8 Å². The van der Waals surface area contributed by atoms with E-state index in [0.29, 0.717) is 25.4 Å². The quantitative estimate of drug-likeness (QED) is 0.841. The van der Waals surface area contributed by atoms with Gasteiger partial charge in [0.25, 0.3) is 0 Å². The summed E-state index contributed by atoms with van der Waals surface area (Å²) in [7, 11) is 1.86. The van der Waals surface area contributed by atoms with Crippen molar-refractivity contribution in [2.45, 2.75) is 39.8 Å². The molecule has 0 radical (unpaired) electrons. The summed E-state index contributed by atoms with van der Waals surface area (Å²) in [6.07, 6.45) is 1.59. The molecule has 0 aliphatic carbocycles. The second-order valence-corrected chi connectivity index (χ2v) is 5.20. The monoisotopic (exact) mass is 248 g/mol. The molecule has 0 atom stereocenters. The second-order valence-electron chi connectivity index (χ2n) is 5.20. The average molecular weight is 248 g/mol. The minimum Gasteiger partial charge on any atom is -0.341 e. The van der Waals surface area contributed by atoms with Crippen molar-refractivity contribution in [2.24, 2.45) is 11.7 Å². The van der Waals surface area contributed by atoms with Gasteiger partial charge in [-0.2, -0.15) is 0 Å². The predicted molar refractivity (Wildman–Crippen MR) is 74.9 cm³/mol. The summed E-state index contributed by atoms with van der Waals surface area (Å²) >= 11 is 0. The minimum absolute atomic E-state index is 0.214. The number of hydrogen-bond donors (Lipinski definition) is 1. The summed E-state index contributed by atoms with van der Waals surface area (Å²) in [4.78, 5) is 13.7. The van der Waals surface area contributed by atoms with Gasteiger partial charge >= 0.3 is 0 Å². The standard InChI is InChI=1S/C15H24N2O/c1-12(2)4-9-15(18)17(3)11-14-7-5-13(10-16)6-8-14/h5-8,12H,4,9-11,16H2,1-3H3. The SMILES string of the molecule is CC(C)CCC(=O)N(C)Cc1ccc(CN)cc1. The molecule has 0 fully saturated rings. The van der Waals surface area contributed by atoms with Gasteiger partial charge in [-0.15, -0.1) is 0 Å². The van der Waals surface area contributed by atoms with E-state index in [9.17, 15) is 4.79 Å². The molecule has 3 heteroatoms. The van der Waals surface area contributed by atoms with E-state index in [1.54, 1.807) is 4.90 Å². The maximum Gasteiger partial charge on any atom is 0.222 e. The molecule has 0 saturated carbocycles. The van der Waals surface area contributed by atoms with Crippen molar-refractivity contribution in [3.8, 4) is 0 Å². The molecule has 0 saturated heterocycles. The van der Waals surface area contributed by atoms with Crippen molar-refractivity contribution in [1.29, 1.82) is 0 Å². The number of benzene rings is 1. The number of nitrogens with zero attached hydrogens (tertiary/aromatic N) is 1. The van der Waals surface area contributed by atoms with Crippen molar-refractivity contribution in [1.82, 2.24) is 4.90 Å². The molecular formula is C15H24N2O. The second kappa shape index (κ2) is 7.17. The van der Waals surface area contributed by atoms with E-state index in [1.807, 2.05) is 31.3 Å². The largest absolute Gasteiger partial charge is 0.341 e. The van der Waals surface area contributed by atoms with Gasteiger partial charge in [-0.25, -0.2) is 0 Å². The van der Waals surface area contributed by atoms with Crippen LogP contribution in [-0.4, -0.2) is 17.9 Å². The average Bonchev–Trinajstić information content (AvgIpc) is 2.36. The Balaban J connectivity index is 2.47. The smallest absolute Gasteiger partial charge is 0.222 e. The Morgan fingerprint density at radius 1 is 1.22 bits per heavy atom. The fraction of sp³-hybridized carbons (Fsp3) is 0.533. The number of amides is 1. The van der Waals surface area contributed by atoms with Crippen LogP contribution in [0, 0.1) is 5.92 Å². The summed E-state index contributed by atoms with van der Waals surface area (Å²) in [5.41, 5.74) is 7.82. The molecule has 0 unspecified atom stereocenters. The Kier molecular flexibility index (Phi) is 5.86. The van der Waals surface area contributed by atoms with E-state index < -0.39 is 0 Å². The van der Waals surface area contributed by atoms with Crippen LogP contribution in [0.4, 0.5) is 0 Å². The van der Waals surface area contributed by atoms with Crippen molar-refractivity contribution in [3.63, 3.8) is 0 Å². The normalized spacial score (nSPS) is 10.7. The predicted octanol–water partition coefficient (Wildman–Crippen LogP) is 2.54. The van der Waals surface area contributed by atoms with E-state index in [1.165, 1.54) is 0 Å². The van der Waals surface area contributed by atoms with Gasteiger partial charge in [-0.1, -0.05) is 38.1 Å². The highest BCUT2D eigenvalue weighted by Gasteiger charge is 2.09. The van der Waals surface area contributed by atoms with Gasteiger partial charge < -0.3 is 10.6 Å². The highest BCUT2D eigenvalue weighted by atomic mass is 16.2. The van der Waals surface area contributed by atoms with Crippen LogP contribution in [0.5, 0.6) is 0 Å². The highest BCUT2D eigenvalue weighted by molar-refractivity contribution is 5.75. The zero-order valence-corrected chi connectivity index (χ0v) is 11.6. The van der Waals surface area contributed by atoms with E-state index in [4.69, 9.17) is 5.73 Å². The van der Waals surface area contributed by atoms with Crippen molar-refractivity contribution in [3.05, 3.63) is 35.4 Å². The fourth-order valence-electron chi connectivity index (χ4n) is 1.75. The molecule has 1 rings (SSSR count). The third-order valence-electron chi connectivity index (χ3n) is 3.04. The van der Waals surface area contributed by atoms with Crippen LogP contribution in [0.25, 0.3) is 0 Å². The Morgan fingerprint density at radius 3 is 2.28 bits per heavy atom. The summed E-state index contributed by atoms with van der Waals surface area (Å²) in [6.45, 7) is 5.50. The lowest BCUT2D eigenvalue weighted by atomic mass is 10.1. The lowest BCUT2D eigenvalue weighted by Crippen LogP contribution is -2.26. The van der Waals surface area contributed by atoms with E-state index >= 15 is 0 Å². The molecule has 0 aromatic heterocycles. The van der Waals surface area contributed by atoms with Crippen molar-refractivity contribution in [2.75, 3.05) is 7.05 Å². The number of nitrogens with two attached hydrogens (primary N) is 1. The minimum atomic E-state index is 0.214. The molecule has 0 heterocycles. The van der Waals surface area contributed by atoms with Gasteiger partial charge in [0.05, 0.1) is 0 Å². The Labute approximate surface area is 110 Å². The van der Waals surface area contributed by atoms with Crippen LogP contribution in [-0.2, 0) is 17.9 Å². The highest BCUT2D eigenvalue weighted by Crippen LogP contribution is 2.10. The topological polar surface area (TPSA) is 46.3 Å². The molecule has 100 valence electrons. The zero-order chi connectivity index (χ0) is 13.5. The van der Waals surface area contributed by atoms with Gasteiger partial charge in [-0.3, -0.25) is 4.79 Å². The van der Waals surface area contributed by atoms with Crippen LogP contribution in [0.3, 0.4) is 0 Å². The third-order valence-corrected chi connectivity index (χ3v) is 3.04. The summed E-state index contributed by atoms with van der Waals surface area (Å²) in [5, 5.41) is 0. The van der Waals surface area contributed by atoms with Crippen LogP contribution in [0.15, 0.2) is 24.3 Å². The van der Waals surface area contributed by atoms with Crippen molar-refractivity contribution >= 4 is 5.91 Å². The number of rotatable bonds is 6. The first-order chi connectivity index (χ1) is 8.52. The fourth-order valence-corrected chi connectivity index (χ4v) is 1.75. The van der Waals surface area contributed by atoms with Crippen LogP contribution >= 0.6 is 0 Å². The molecule has 1 amide bonds. The van der Waals surface area contributed by atoms with E-state index in [0.717, 1.165) is 17.5 Å². The Bertz CT molecular complexity index is 371. The molecular weight excluding hydrogens is 224 g/mol. The van der Waals surface area contributed by atoms with Gasteiger partial charge in [0.2, 0.25) is 5.91 Å². The lowest BCUT2D eigenvalue weighted by molar-refractivity contribution is -0.130. The van der Waals surface area contributed by atoms with Crippen LogP contribution < -0.4 is 5.73 Å². The van der Waals surface area contributed by atoms with Gasteiger partial charge in [0.1, 0.15) is 0 Å². The zero-order valence-electron chi connectivity index (χ0n) is 11.6. The lowest BCUT2D eigenvalue weighted by Gasteiger charge is -2.18. The first kappa shape index (κ1) is 14.7. The molecule has 3 nitrogen and oxygen atoms in total. The maximum atomic E-state index is 11.9. The third kappa shape index (κ3) is 4.88. The first-order valence-electron chi connectivity index (χ1n) is 6.54. The molecule has 0 aliphatic rings. The number of carbonyl (C=O) groups excluding carboxylic acids is 1. The van der Waals surface area contributed by atoms with Gasteiger partial charge in [0.15, 0.2) is 0 Å². The number of hydrogen-bond acceptors (Lipinski definition) is 2. The van der Waals surface area contributed by atoms with Gasteiger partial charge in [-0.05, 0) is 23.5 Å². The van der Waals surface area contributed by atoms with Gasteiger partial charge in [0, 0.05) is 26.6 Å². The van der Waals surface area contributed by atoms with E-state index in [-0.39, 0.29) is 5.91 Å². The molecule has 18 heavy (non-hydrogen) atoms. The maximum absolute atomic E-state index is 11.9. The molecule has 0 bridgehead atoms. The molecule has 2 N–H and O–H groups in total. The molecule has 0 spiro atoms.